The molecule has 10 heteroatoms. The van der Waals surface area contributed by atoms with E-state index in [1.165, 1.54) is 0 Å². The number of benzene rings is 3. The highest BCUT2D eigenvalue weighted by molar-refractivity contribution is 5.81. The number of hydrogen-bond donors (Lipinski definition) is 0. The molecule has 0 heterocycles. The van der Waals surface area contributed by atoms with E-state index in [1.54, 1.807) is 43.3 Å². The third-order valence-electron chi connectivity index (χ3n) is 7.99. The van der Waals surface area contributed by atoms with Gasteiger partial charge in [-0.15, -0.1) is 0 Å². The monoisotopic (exact) mass is 639 g/mol. The van der Waals surface area contributed by atoms with Crippen LogP contribution in [-0.2, 0) is 14.3 Å². The molecule has 3 rings (SSSR count). The fourth-order valence-electron chi connectivity index (χ4n) is 3.92. The zero-order chi connectivity index (χ0) is 35.2. The van der Waals surface area contributed by atoms with E-state index in [0.29, 0.717) is 30.1 Å². The van der Waals surface area contributed by atoms with Gasteiger partial charge >= 0.3 is 5.97 Å². The Labute approximate surface area is 280 Å². The molecular weight excluding hydrogens is 590 g/mol. The molecule has 0 saturated carbocycles. The Kier molecular flexibility index (Phi) is 14.4. The number of carbonyl (C=O) groups is 2. The Hall–Kier alpha value is -4.91. The molecule has 0 aromatic heterocycles. The Morgan fingerprint density at radius 2 is 1.28 bits per heavy atom. The molecule has 3 aromatic rings. The van der Waals surface area contributed by atoms with Crippen LogP contribution in [0, 0.1) is 29.1 Å². The van der Waals surface area contributed by atoms with E-state index in [0.717, 1.165) is 35.5 Å². The highest BCUT2D eigenvalue weighted by atomic mass is 16.5. The Balaban J connectivity index is 0.000000663. The molecule has 0 saturated heterocycles. The molecule has 0 radical (unpaired) electrons. The average Bonchev–Trinajstić information content (AvgIpc) is 3.07. The average molecular weight is 640 g/mol. The van der Waals surface area contributed by atoms with Gasteiger partial charge in [-0.2, -0.15) is 25.7 Å². The molecule has 3 aromatic carbocycles. The van der Waals surface area contributed by atoms with Gasteiger partial charge in [-0.1, -0.05) is 27.7 Å². The van der Waals surface area contributed by atoms with E-state index >= 15 is 0 Å². The van der Waals surface area contributed by atoms with Gasteiger partial charge in [-0.3, -0.25) is 9.59 Å². The maximum absolute atomic E-state index is 12.1. The van der Waals surface area contributed by atoms with Crippen LogP contribution in [0.1, 0.15) is 65.5 Å². The standard InChI is InChI=1S/C29H32N6O2.C8H17NO/c1-6-29(3,4)28(36)37-18-17-35(5)26-14-11-24(12-15-26)32-34-27-16-13-25(19-21(27)2)33-31-23-9-7-22(20-30)8-10-23;1-6-8(2,3)7(10)9(4)5/h7-16,19H,6,17-18H2,1-5H3;6H2,1-5H3. The van der Waals surface area contributed by atoms with Gasteiger partial charge in [-0.25, -0.2) is 0 Å². The Bertz CT molecular complexity index is 1570. The van der Waals surface area contributed by atoms with E-state index in [-0.39, 0.29) is 17.3 Å². The molecule has 0 atom stereocenters. The third kappa shape index (κ3) is 12.1. The lowest BCUT2D eigenvalue weighted by atomic mass is 9.89. The van der Waals surface area contributed by atoms with Crippen LogP contribution in [-0.4, -0.2) is 51.1 Å². The first kappa shape index (κ1) is 38.3. The molecule has 0 fully saturated rings. The molecule has 0 N–H and O–H groups in total. The van der Waals surface area contributed by atoms with Crippen molar-refractivity contribution in [1.82, 2.24) is 4.90 Å². The van der Waals surface area contributed by atoms with E-state index in [2.05, 4.69) is 26.5 Å². The normalized spacial score (nSPS) is 11.5. The number of anilines is 1. The van der Waals surface area contributed by atoms with Crippen molar-refractivity contribution in [3.05, 3.63) is 77.9 Å². The van der Waals surface area contributed by atoms with Crippen LogP contribution >= 0.6 is 0 Å². The smallest absolute Gasteiger partial charge is 0.311 e. The summed E-state index contributed by atoms with van der Waals surface area (Å²) in [7, 11) is 5.54. The summed E-state index contributed by atoms with van der Waals surface area (Å²) in [5.74, 6) is 0.0341. The maximum Gasteiger partial charge on any atom is 0.311 e. The SMILES string of the molecule is CCC(C)(C)C(=O)N(C)C.CCC(C)(C)C(=O)OCCN(C)c1ccc(N=Nc2ccc(N=Nc3ccc(C#N)cc3)cc2C)cc1. The molecule has 0 aliphatic carbocycles. The maximum atomic E-state index is 12.1. The summed E-state index contributed by atoms with van der Waals surface area (Å²) in [6.45, 7) is 14.6. The van der Waals surface area contributed by atoms with Crippen molar-refractivity contribution in [2.24, 2.45) is 31.3 Å². The molecule has 47 heavy (non-hydrogen) atoms. The summed E-state index contributed by atoms with van der Waals surface area (Å²) in [6, 6.07) is 22.3. The number of esters is 1. The molecule has 250 valence electrons. The van der Waals surface area contributed by atoms with Gasteiger partial charge in [0.15, 0.2) is 0 Å². The second-order valence-electron chi connectivity index (χ2n) is 12.8. The van der Waals surface area contributed by atoms with Crippen molar-refractivity contribution in [3.8, 4) is 6.07 Å². The summed E-state index contributed by atoms with van der Waals surface area (Å²) in [6.07, 6.45) is 1.64. The number of rotatable bonds is 12. The molecule has 0 unspecified atom stereocenters. The molecule has 10 nitrogen and oxygen atoms in total. The minimum Gasteiger partial charge on any atom is -0.463 e. The highest BCUT2D eigenvalue weighted by Crippen LogP contribution is 2.28. The van der Waals surface area contributed by atoms with E-state index in [4.69, 9.17) is 10.00 Å². The number of azo groups is 2. The fraction of sp³-hybridized carbons (Fsp3) is 0.432. The summed E-state index contributed by atoms with van der Waals surface area (Å²) in [4.78, 5) is 27.1. The van der Waals surface area contributed by atoms with Crippen LogP contribution in [0.3, 0.4) is 0 Å². The number of likely N-dealkylation sites (N-methyl/N-ethyl adjacent to an activating group) is 1. The van der Waals surface area contributed by atoms with Gasteiger partial charge in [0.2, 0.25) is 5.91 Å². The van der Waals surface area contributed by atoms with Gasteiger partial charge < -0.3 is 14.5 Å². The molecule has 0 aliphatic heterocycles. The van der Waals surface area contributed by atoms with Gasteiger partial charge in [0.05, 0.1) is 46.3 Å². The van der Waals surface area contributed by atoms with Crippen molar-refractivity contribution in [2.75, 3.05) is 39.2 Å². The van der Waals surface area contributed by atoms with Crippen LogP contribution in [0.5, 0.6) is 0 Å². The zero-order valence-corrected chi connectivity index (χ0v) is 29.5. The summed E-state index contributed by atoms with van der Waals surface area (Å²) in [5.41, 5.74) is 4.72. The Morgan fingerprint density at radius 1 is 0.766 bits per heavy atom. The van der Waals surface area contributed by atoms with Crippen molar-refractivity contribution in [1.29, 1.82) is 5.26 Å². The number of hydrogen-bond acceptors (Lipinski definition) is 9. The number of aryl methyl sites for hydroxylation is 1. The van der Waals surface area contributed by atoms with Gasteiger partial charge in [0, 0.05) is 32.2 Å². The summed E-state index contributed by atoms with van der Waals surface area (Å²) in [5, 5.41) is 26.1. The molecule has 1 amide bonds. The number of amides is 1. The summed E-state index contributed by atoms with van der Waals surface area (Å²) >= 11 is 0. The number of ether oxygens (including phenoxy) is 1. The minimum absolute atomic E-state index is 0.170. The van der Waals surface area contributed by atoms with E-state index in [1.807, 2.05) is 103 Å². The van der Waals surface area contributed by atoms with Crippen molar-refractivity contribution in [2.45, 2.75) is 61.3 Å². The number of nitriles is 1. The van der Waals surface area contributed by atoms with Gasteiger partial charge in [-0.05, 0) is 106 Å². The lowest BCUT2D eigenvalue weighted by Crippen LogP contribution is -2.35. The lowest BCUT2D eigenvalue weighted by Gasteiger charge is -2.25. The second kappa shape index (κ2) is 17.7. The predicted molar refractivity (Wildman–Crippen MR) is 188 cm³/mol. The van der Waals surface area contributed by atoms with Crippen LogP contribution in [0.2, 0.25) is 0 Å². The van der Waals surface area contributed by atoms with Crippen LogP contribution < -0.4 is 4.90 Å². The topological polar surface area (TPSA) is 123 Å². The first-order valence-corrected chi connectivity index (χ1v) is 15.8. The van der Waals surface area contributed by atoms with Crippen molar-refractivity contribution in [3.63, 3.8) is 0 Å². The summed E-state index contributed by atoms with van der Waals surface area (Å²) < 4.78 is 5.43. The van der Waals surface area contributed by atoms with E-state index < -0.39 is 5.41 Å². The van der Waals surface area contributed by atoms with Crippen LogP contribution in [0.15, 0.2) is 87.2 Å². The van der Waals surface area contributed by atoms with Crippen molar-refractivity contribution < 1.29 is 14.3 Å². The highest BCUT2D eigenvalue weighted by Gasteiger charge is 2.27. The number of carbonyl (C=O) groups excluding carboxylic acids is 2. The van der Waals surface area contributed by atoms with Crippen LogP contribution in [0.4, 0.5) is 28.4 Å². The minimum atomic E-state index is -0.458. The Morgan fingerprint density at radius 3 is 1.77 bits per heavy atom. The zero-order valence-electron chi connectivity index (χ0n) is 29.5. The first-order valence-electron chi connectivity index (χ1n) is 15.8. The fourth-order valence-corrected chi connectivity index (χ4v) is 3.92. The second-order valence-corrected chi connectivity index (χ2v) is 12.8. The molecule has 0 aliphatic rings. The third-order valence-corrected chi connectivity index (χ3v) is 7.99. The molecular formula is C37H49N7O3. The lowest BCUT2D eigenvalue weighted by molar-refractivity contribution is -0.153. The quantitative estimate of drug-likeness (QED) is 0.144. The first-order chi connectivity index (χ1) is 22.1. The molecule has 0 spiro atoms. The predicted octanol–water partition coefficient (Wildman–Crippen LogP) is 9.62. The van der Waals surface area contributed by atoms with Crippen molar-refractivity contribution >= 4 is 40.3 Å². The largest absolute Gasteiger partial charge is 0.463 e. The van der Waals surface area contributed by atoms with Gasteiger partial charge in [0.25, 0.3) is 0 Å². The van der Waals surface area contributed by atoms with Gasteiger partial charge in [0.1, 0.15) is 6.61 Å². The van der Waals surface area contributed by atoms with E-state index in [9.17, 15) is 9.59 Å². The van der Waals surface area contributed by atoms with Crippen LogP contribution in [0.25, 0.3) is 0 Å². The number of nitrogens with zero attached hydrogens (tertiary/aromatic N) is 7. The molecule has 0 bridgehead atoms.